The van der Waals surface area contributed by atoms with Crippen LogP contribution in [0.15, 0.2) is 89.2 Å². The van der Waals surface area contributed by atoms with Crippen molar-refractivity contribution in [2.24, 2.45) is 0 Å². The second-order valence-electron chi connectivity index (χ2n) is 9.52. The van der Waals surface area contributed by atoms with Crippen LogP contribution in [0.5, 0.6) is 5.75 Å². The van der Waals surface area contributed by atoms with Gasteiger partial charge in [-0.1, -0.05) is 103 Å². The number of aromatic nitrogens is 3. The van der Waals surface area contributed by atoms with Crippen LogP contribution in [0.4, 0.5) is 5.95 Å². The van der Waals surface area contributed by atoms with Crippen LogP contribution in [0.1, 0.15) is 49.4 Å². The number of carbonyl (C=O) groups excluding carboxylic acids is 1. The summed E-state index contributed by atoms with van der Waals surface area (Å²) >= 11 is 14.2. The van der Waals surface area contributed by atoms with E-state index in [1.54, 1.807) is 4.68 Å². The molecule has 3 aromatic carbocycles. The molecule has 1 aromatic heterocycles. The fraction of sp³-hybridized carbons (Fsp3) is 0.258. The van der Waals surface area contributed by atoms with E-state index in [4.69, 9.17) is 42.8 Å². The van der Waals surface area contributed by atoms with Gasteiger partial charge in [-0.05, 0) is 37.1 Å². The fourth-order valence-corrected chi connectivity index (χ4v) is 5.80. The number of fused-ring (bicyclic) bond motifs is 1. The number of nitrogens with one attached hydrogen (secondary N) is 1. The van der Waals surface area contributed by atoms with E-state index < -0.39 is 12.0 Å². The summed E-state index contributed by atoms with van der Waals surface area (Å²) in [5, 5.41) is 9.98. The number of hydrogen-bond acceptors (Lipinski definition) is 7. The van der Waals surface area contributed by atoms with Crippen LogP contribution in [0, 0.1) is 0 Å². The van der Waals surface area contributed by atoms with E-state index in [1.807, 2.05) is 79.7 Å². The molecule has 10 heteroatoms. The first kappa shape index (κ1) is 29.0. The maximum atomic E-state index is 13.5. The Labute approximate surface area is 253 Å². The van der Waals surface area contributed by atoms with Gasteiger partial charge in [0.05, 0.1) is 12.2 Å². The van der Waals surface area contributed by atoms with Crippen LogP contribution in [-0.4, -0.2) is 27.3 Å². The van der Waals surface area contributed by atoms with Crippen LogP contribution in [0.2, 0.25) is 10.0 Å². The van der Waals surface area contributed by atoms with E-state index in [1.165, 1.54) is 11.8 Å². The Hall–Kier alpha value is -3.46. The van der Waals surface area contributed by atoms with Crippen molar-refractivity contribution >= 4 is 46.9 Å². The number of halogens is 2. The lowest BCUT2D eigenvalue weighted by Gasteiger charge is -2.29. The predicted octanol–water partition coefficient (Wildman–Crippen LogP) is 8.09. The molecule has 1 N–H and O–H groups in total. The maximum Gasteiger partial charge on any atom is 0.338 e. The number of anilines is 1. The first-order valence-corrected chi connectivity index (χ1v) is 15.1. The monoisotopic (exact) mass is 608 g/mol. The zero-order chi connectivity index (χ0) is 28.8. The number of thioether (sulfide) groups is 1. The van der Waals surface area contributed by atoms with Gasteiger partial charge in [-0.2, -0.15) is 4.98 Å². The maximum absolute atomic E-state index is 13.5. The standard InChI is InChI=1S/C31H30Cl2N4O3S/c1-3-4-17-39-29(38)27-20(2)34-30-35-31(41-19-22-12-6-9-15-25(22)33)36-37(30)28(27)23-13-7-10-16-26(23)40-18-21-11-5-8-14-24(21)32/h5-16,28H,3-4,17-19H2,1-2H3,(H,34,35,36). The van der Waals surface area contributed by atoms with Crippen LogP contribution < -0.4 is 10.1 Å². The molecular weight excluding hydrogens is 579 g/mol. The smallest absolute Gasteiger partial charge is 0.338 e. The third kappa shape index (κ3) is 6.72. The highest BCUT2D eigenvalue weighted by Gasteiger charge is 2.37. The zero-order valence-corrected chi connectivity index (χ0v) is 25.1. The lowest BCUT2D eigenvalue weighted by Crippen LogP contribution is -2.30. The van der Waals surface area contributed by atoms with Gasteiger partial charge in [0.2, 0.25) is 11.1 Å². The Morgan fingerprint density at radius 3 is 2.41 bits per heavy atom. The first-order chi connectivity index (χ1) is 20.0. The van der Waals surface area contributed by atoms with Crippen molar-refractivity contribution in [3.63, 3.8) is 0 Å². The molecule has 2 heterocycles. The fourth-order valence-electron chi connectivity index (χ4n) is 4.50. The molecule has 41 heavy (non-hydrogen) atoms. The normalized spacial score (nSPS) is 14.4. The number of nitrogens with zero attached hydrogens (tertiary/aromatic N) is 3. The molecule has 1 unspecified atom stereocenters. The number of benzene rings is 3. The number of allylic oxidation sites excluding steroid dienone is 1. The summed E-state index contributed by atoms with van der Waals surface area (Å²) in [4.78, 5) is 18.2. The Balaban J connectivity index is 1.50. The topological polar surface area (TPSA) is 78.3 Å². The quantitative estimate of drug-likeness (QED) is 0.105. The molecule has 0 saturated carbocycles. The Morgan fingerprint density at radius 1 is 1.00 bits per heavy atom. The van der Waals surface area contributed by atoms with Gasteiger partial charge in [0.25, 0.3) is 0 Å². The minimum absolute atomic E-state index is 0.268. The van der Waals surface area contributed by atoms with Crippen molar-refractivity contribution in [2.75, 3.05) is 11.9 Å². The molecule has 1 atom stereocenters. The third-order valence-corrected chi connectivity index (χ3v) is 8.28. The molecular formula is C31H30Cl2N4O3S. The lowest BCUT2D eigenvalue weighted by molar-refractivity contribution is -0.139. The van der Waals surface area contributed by atoms with Gasteiger partial charge in [-0.15, -0.1) is 5.10 Å². The van der Waals surface area contributed by atoms with E-state index in [0.29, 0.717) is 50.5 Å². The Morgan fingerprint density at radius 2 is 1.68 bits per heavy atom. The number of hydrogen-bond donors (Lipinski definition) is 1. The summed E-state index contributed by atoms with van der Waals surface area (Å²) < 4.78 is 13.7. The van der Waals surface area contributed by atoms with Crippen LogP contribution in [-0.2, 0) is 21.9 Å². The van der Waals surface area contributed by atoms with Crippen molar-refractivity contribution in [1.82, 2.24) is 14.8 Å². The highest BCUT2D eigenvalue weighted by Crippen LogP contribution is 2.41. The second kappa shape index (κ2) is 13.5. The summed E-state index contributed by atoms with van der Waals surface area (Å²) in [6.07, 6.45) is 1.70. The van der Waals surface area contributed by atoms with Crippen molar-refractivity contribution in [3.05, 3.63) is 111 Å². The van der Waals surface area contributed by atoms with Gasteiger partial charge < -0.3 is 14.8 Å². The summed E-state index contributed by atoms with van der Waals surface area (Å²) in [6.45, 7) is 4.52. The Kier molecular flexibility index (Phi) is 9.54. The molecule has 212 valence electrons. The molecule has 0 spiro atoms. The van der Waals surface area contributed by atoms with Crippen LogP contribution in [0.3, 0.4) is 0 Å². The van der Waals surface area contributed by atoms with Crippen molar-refractivity contribution in [2.45, 2.75) is 50.2 Å². The van der Waals surface area contributed by atoms with Gasteiger partial charge in [0.1, 0.15) is 18.4 Å². The lowest BCUT2D eigenvalue weighted by atomic mass is 9.95. The highest BCUT2D eigenvalue weighted by atomic mass is 35.5. The largest absolute Gasteiger partial charge is 0.488 e. The Bertz CT molecular complexity index is 1570. The van der Waals surface area contributed by atoms with Crippen molar-refractivity contribution < 1.29 is 14.3 Å². The van der Waals surface area contributed by atoms with E-state index in [0.717, 1.165) is 29.5 Å². The molecule has 0 aliphatic carbocycles. The number of rotatable bonds is 11. The average Bonchev–Trinajstić information content (AvgIpc) is 3.38. The van der Waals surface area contributed by atoms with Crippen molar-refractivity contribution in [1.29, 1.82) is 0 Å². The van der Waals surface area contributed by atoms with E-state index in [9.17, 15) is 4.79 Å². The molecule has 4 aromatic rings. The first-order valence-electron chi connectivity index (χ1n) is 13.4. The second-order valence-corrected chi connectivity index (χ2v) is 11.3. The number of carbonyl (C=O) groups is 1. The van der Waals surface area contributed by atoms with Gasteiger partial charge in [-0.25, -0.2) is 9.48 Å². The molecule has 0 bridgehead atoms. The van der Waals surface area contributed by atoms with Crippen LogP contribution in [0.25, 0.3) is 0 Å². The molecule has 0 radical (unpaired) electrons. The van der Waals surface area contributed by atoms with Gasteiger partial charge in [0, 0.05) is 32.6 Å². The molecule has 0 amide bonds. The predicted molar refractivity (Wildman–Crippen MR) is 164 cm³/mol. The highest BCUT2D eigenvalue weighted by molar-refractivity contribution is 7.98. The van der Waals surface area contributed by atoms with Crippen molar-refractivity contribution in [3.8, 4) is 5.75 Å². The summed E-state index contributed by atoms with van der Waals surface area (Å²) in [5.74, 6) is 1.34. The van der Waals surface area contributed by atoms with Gasteiger partial charge in [-0.3, -0.25) is 0 Å². The number of para-hydroxylation sites is 1. The zero-order valence-electron chi connectivity index (χ0n) is 22.8. The summed E-state index contributed by atoms with van der Waals surface area (Å²) in [5.41, 5.74) is 3.72. The number of unbranched alkanes of at least 4 members (excludes halogenated alkanes) is 1. The van der Waals surface area contributed by atoms with Gasteiger partial charge >= 0.3 is 5.97 Å². The molecule has 7 nitrogen and oxygen atoms in total. The van der Waals surface area contributed by atoms with E-state index >= 15 is 0 Å². The summed E-state index contributed by atoms with van der Waals surface area (Å²) in [7, 11) is 0. The van der Waals surface area contributed by atoms with E-state index in [-0.39, 0.29) is 6.61 Å². The SMILES string of the molecule is CCCCOC(=O)C1=C(C)Nc2nc(SCc3ccccc3Cl)nn2C1c1ccccc1OCc1ccccc1Cl. The molecule has 1 aliphatic rings. The minimum Gasteiger partial charge on any atom is -0.488 e. The summed E-state index contributed by atoms with van der Waals surface area (Å²) in [6, 6.07) is 22.3. The number of esters is 1. The van der Waals surface area contributed by atoms with E-state index in [2.05, 4.69) is 12.2 Å². The molecule has 0 fully saturated rings. The third-order valence-electron chi connectivity index (χ3n) is 6.65. The average molecular weight is 610 g/mol. The molecule has 1 aliphatic heterocycles. The van der Waals surface area contributed by atoms with Gasteiger partial charge in [0.15, 0.2) is 0 Å². The number of ether oxygens (including phenoxy) is 2. The molecule has 5 rings (SSSR count). The molecule has 0 saturated heterocycles. The van der Waals surface area contributed by atoms with Crippen LogP contribution >= 0.6 is 35.0 Å². The minimum atomic E-state index is -0.620.